The number of thiophene rings is 2. The van der Waals surface area contributed by atoms with Crippen molar-refractivity contribution in [3.63, 3.8) is 0 Å². The lowest BCUT2D eigenvalue weighted by molar-refractivity contribution is 0.0950. The van der Waals surface area contributed by atoms with Gasteiger partial charge in [-0.25, -0.2) is 5.43 Å². The van der Waals surface area contributed by atoms with Crippen LogP contribution < -0.4 is 10.7 Å². The Bertz CT molecular complexity index is 1420. The van der Waals surface area contributed by atoms with Gasteiger partial charge in [-0.1, -0.05) is 29.3 Å². The van der Waals surface area contributed by atoms with E-state index < -0.39 is 5.91 Å². The zero-order chi connectivity index (χ0) is 24.9. The second kappa shape index (κ2) is 11.0. The minimum atomic E-state index is -0.457. The molecule has 7 nitrogen and oxygen atoms in total. The van der Waals surface area contributed by atoms with Gasteiger partial charge in [-0.15, -0.1) is 22.7 Å². The van der Waals surface area contributed by atoms with Crippen LogP contribution in [0.5, 0.6) is 5.75 Å². The van der Waals surface area contributed by atoms with E-state index in [4.69, 9.17) is 23.2 Å². The number of carbonyl (C=O) groups is 2. The first-order chi connectivity index (χ1) is 16.8. The Morgan fingerprint density at radius 1 is 1.03 bits per heavy atom. The Morgan fingerprint density at radius 3 is 2.46 bits per heavy atom. The van der Waals surface area contributed by atoms with Gasteiger partial charge < -0.3 is 10.4 Å². The number of carbonyl (C=O) groups excluding carboxylic acids is 2. The lowest BCUT2D eigenvalue weighted by Crippen LogP contribution is -2.21. The standard InChI is InChI=1S/C24H18Cl2N4O3S2/c1-13(16-12-34-22(21(16)31)15-2-3-17(25)18(26)10-15)29-30-24(33)20-5-4-19(35-20)23(32)28-11-14-6-8-27-9-7-14/h2-10,12,31H,11H2,1H3,(H,28,32)(H,30,33)/b29-13-. The summed E-state index contributed by atoms with van der Waals surface area (Å²) in [5.74, 6) is -0.696. The molecule has 0 spiro atoms. The van der Waals surface area contributed by atoms with Crippen LogP contribution in [0, 0.1) is 0 Å². The number of hydrazone groups is 1. The molecule has 0 saturated heterocycles. The molecule has 11 heteroatoms. The number of nitrogens with zero attached hydrogens (tertiary/aromatic N) is 2. The highest BCUT2D eigenvalue weighted by atomic mass is 35.5. The molecule has 3 aromatic heterocycles. The topological polar surface area (TPSA) is 104 Å². The number of aromatic hydroxyl groups is 1. The number of benzene rings is 1. The molecule has 0 saturated carbocycles. The third-order valence-electron chi connectivity index (χ3n) is 4.92. The minimum absolute atomic E-state index is 0.0353. The van der Waals surface area contributed by atoms with Crippen molar-refractivity contribution in [2.45, 2.75) is 13.5 Å². The summed E-state index contributed by atoms with van der Waals surface area (Å²) in [6.07, 6.45) is 3.31. The van der Waals surface area contributed by atoms with E-state index in [1.165, 1.54) is 11.3 Å². The highest BCUT2D eigenvalue weighted by Gasteiger charge is 2.17. The van der Waals surface area contributed by atoms with E-state index >= 15 is 0 Å². The van der Waals surface area contributed by atoms with Crippen LogP contribution in [0.25, 0.3) is 10.4 Å². The van der Waals surface area contributed by atoms with E-state index in [1.54, 1.807) is 55.0 Å². The van der Waals surface area contributed by atoms with Gasteiger partial charge in [-0.2, -0.15) is 5.10 Å². The van der Waals surface area contributed by atoms with E-state index in [1.807, 2.05) is 12.1 Å². The zero-order valence-electron chi connectivity index (χ0n) is 18.2. The van der Waals surface area contributed by atoms with Gasteiger partial charge in [0.05, 0.1) is 36.0 Å². The van der Waals surface area contributed by atoms with Crippen molar-refractivity contribution in [1.82, 2.24) is 15.7 Å². The summed E-state index contributed by atoms with van der Waals surface area (Å²) in [6, 6.07) is 11.9. The Labute approximate surface area is 219 Å². The zero-order valence-corrected chi connectivity index (χ0v) is 21.4. The quantitative estimate of drug-likeness (QED) is 0.197. The number of pyridine rings is 1. The average molecular weight is 545 g/mol. The predicted molar refractivity (Wildman–Crippen MR) is 141 cm³/mol. The van der Waals surface area contributed by atoms with Crippen molar-refractivity contribution in [3.8, 4) is 16.2 Å². The number of nitrogens with one attached hydrogen (secondary N) is 2. The predicted octanol–water partition coefficient (Wildman–Crippen LogP) is 5.97. The van der Waals surface area contributed by atoms with Gasteiger partial charge in [0.15, 0.2) is 0 Å². The minimum Gasteiger partial charge on any atom is -0.506 e. The molecule has 0 unspecified atom stereocenters. The first-order valence-corrected chi connectivity index (χ1v) is 12.7. The van der Waals surface area contributed by atoms with Crippen LogP contribution in [0.15, 0.2) is 65.3 Å². The largest absolute Gasteiger partial charge is 0.506 e. The van der Waals surface area contributed by atoms with E-state index in [9.17, 15) is 14.7 Å². The Kier molecular flexibility index (Phi) is 7.82. The van der Waals surface area contributed by atoms with Gasteiger partial charge in [0.2, 0.25) is 0 Å². The highest BCUT2D eigenvalue weighted by molar-refractivity contribution is 7.16. The number of aromatic nitrogens is 1. The molecule has 0 bridgehead atoms. The molecular weight excluding hydrogens is 527 g/mol. The molecule has 0 aliphatic rings. The lowest BCUT2D eigenvalue weighted by Gasteiger charge is -2.04. The molecule has 2 amide bonds. The maximum Gasteiger partial charge on any atom is 0.281 e. The lowest BCUT2D eigenvalue weighted by atomic mass is 10.1. The van der Waals surface area contributed by atoms with Gasteiger partial charge >= 0.3 is 0 Å². The van der Waals surface area contributed by atoms with Crippen LogP contribution >= 0.6 is 45.9 Å². The molecule has 0 atom stereocenters. The number of hydrogen-bond donors (Lipinski definition) is 3. The Hall–Kier alpha value is -3.24. The van der Waals surface area contributed by atoms with Gasteiger partial charge in [0.1, 0.15) is 5.75 Å². The van der Waals surface area contributed by atoms with Crippen molar-refractivity contribution >= 4 is 63.4 Å². The molecule has 4 aromatic rings. The first-order valence-electron chi connectivity index (χ1n) is 10.2. The smallest absolute Gasteiger partial charge is 0.281 e. The van der Waals surface area contributed by atoms with E-state index in [-0.39, 0.29) is 11.7 Å². The summed E-state index contributed by atoms with van der Waals surface area (Å²) in [4.78, 5) is 30.2. The van der Waals surface area contributed by atoms with Crippen molar-refractivity contribution in [3.05, 3.63) is 91.2 Å². The summed E-state index contributed by atoms with van der Waals surface area (Å²) in [5.41, 5.74) is 5.03. The number of amides is 2. The molecule has 0 fully saturated rings. The van der Waals surface area contributed by atoms with E-state index in [0.717, 1.165) is 22.5 Å². The number of hydrogen-bond acceptors (Lipinski definition) is 7. The average Bonchev–Trinajstić information content (AvgIpc) is 3.51. The molecule has 4 rings (SSSR count). The molecule has 178 valence electrons. The SMILES string of the molecule is C/C(=N/NC(=O)c1ccc(C(=O)NCc2ccncc2)s1)c1csc(-c2ccc(Cl)c(Cl)c2)c1O. The Balaban J connectivity index is 1.40. The third kappa shape index (κ3) is 5.88. The van der Waals surface area contributed by atoms with Gasteiger partial charge in [-0.3, -0.25) is 14.6 Å². The van der Waals surface area contributed by atoms with Crippen LogP contribution in [0.3, 0.4) is 0 Å². The first kappa shape index (κ1) is 24.9. The van der Waals surface area contributed by atoms with Crippen LogP contribution in [0.2, 0.25) is 10.0 Å². The van der Waals surface area contributed by atoms with Crippen molar-refractivity contribution in [1.29, 1.82) is 0 Å². The summed E-state index contributed by atoms with van der Waals surface area (Å²) < 4.78 is 0. The molecule has 35 heavy (non-hydrogen) atoms. The summed E-state index contributed by atoms with van der Waals surface area (Å²) in [7, 11) is 0. The fraction of sp³-hybridized carbons (Fsp3) is 0.0833. The van der Waals surface area contributed by atoms with Crippen molar-refractivity contribution < 1.29 is 14.7 Å². The summed E-state index contributed by atoms with van der Waals surface area (Å²) in [6.45, 7) is 2.03. The third-order valence-corrected chi connectivity index (χ3v) is 7.76. The molecule has 1 aromatic carbocycles. The number of halogens is 2. The summed E-state index contributed by atoms with van der Waals surface area (Å²) in [5, 5.41) is 20.2. The van der Waals surface area contributed by atoms with Crippen LogP contribution in [0.4, 0.5) is 0 Å². The molecule has 0 aliphatic carbocycles. The second-order valence-electron chi connectivity index (χ2n) is 7.30. The maximum atomic E-state index is 12.5. The molecular formula is C24H18Cl2N4O3S2. The monoisotopic (exact) mass is 544 g/mol. The van der Waals surface area contributed by atoms with Gasteiger partial charge in [0, 0.05) is 24.3 Å². The van der Waals surface area contributed by atoms with Gasteiger partial charge in [0.25, 0.3) is 11.8 Å². The molecule has 3 N–H and O–H groups in total. The molecule has 3 heterocycles. The normalized spacial score (nSPS) is 11.3. The molecule has 0 aliphatic heterocycles. The van der Waals surface area contributed by atoms with E-state index in [2.05, 4.69) is 20.8 Å². The fourth-order valence-electron chi connectivity index (χ4n) is 3.05. The van der Waals surface area contributed by atoms with Crippen molar-refractivity contribution in [2.75, 3.05) is 0 Å². The second-order valence-corrected chi connectivity index (χ2v) is 10.1. The molecule has 0 radical (unpaired) electrons. The highest BCUT2D eigenvalue weighted by Crippen LogP contribution is 2.40. The van der Waals surface area contributed by atoms with Crippen LogP contribution in [-0.4, -0.2) is 27.6 Å². The maximum absolute atomic E-state index is 12.5. The fourth-order valence-corrected chi connectivity index (χ4v) is 5.17. The Morgan fingerprint density at radius 2 is 1.74 bits per heavy atom. The van der Waals surface area contributed by atoms with Crippen LogP contribution in [0.1, 0.15) is 37.4 Å². The summed E-state index contributed by atoms with van der Waals surface area (Å²) >= 11 is 14.4. The van der Waals surface area contributed by atoms with Crippen molar-refractivity contribution in [2.24, 2.45) is 5.10 Å². The van der Waals surface area contributed by atoms with Gasteiger partial charge in [-0.05, 0) is 54.4 Å². The van der Waals surface area contributed by atoms with E-state index in [0.29, 0.717) is 42.5 Å². The number of rotatable bonds is 7. The van der Waals surface area contributed by atoms with Crippen LogP contribution in [-0.2, 0) is 6.54 Å².